The predicted octanol–water partition coefficient (Wildman–Crippen LogP) is 1.24. The molecule has 0 bridgehead atoms. The maximum Gasteiger partial charge on any atom is 0.199 e. The van der Waals surface area contributed by atoms with Gasteiger partial charge in [0.1, 0.15) is 0 Å². The monoisotopic (exact) mass is 146 g/mol. The van der Waals surface area contributed by atoms with E-state index in [0.717, 1.165) is 0 Å². The van der Waals surface area contributed by atoms with E-state index < -0.39 is 12.1 Å². The molecule has 0 saturated carbocycles. The van der Waals surface area contributed by atoms with Gasteiger partial charge in [0, 0.05) is 0 Å². The van der Waals surface area contributed by atoms with Crippen LogP contribution in [0.3, 0.4) is 0 Å². The van der Waals surface area contributed by atoms with Crippen molar-refractivity contribution in [2.45, 2.75) is 32.8 Å². The van der Waals surface area contributed by atoms with Crippen molar-refractivity contribution >= 4 is 0 Å². The molecule has 60 valence electrons. The second-order valence-corrected chi connectivity index (χ2v) is 2.43. The summed E-state index contributed by atoms with van der Waals surface area (Å²) in [5.74, 6) is -1.15. The zero-order valence-corrected chi connectivity index (χ0v) is 6.63. The first kappa shape index (κ1) is 9.46. The van der Waals surface area contributed by atoms with Crippen LogP contribution in [0.4, 0.5) is 0 Å². The maximum atomic E-state index is 9.08. The van der Waals surface area contributed by atoms with Gasteiger partial charge in [0.05, 0.1) is 6.26 Å². The molecule has 1 atom stereocenters. The third kappa shape index (κ3) is 5.59. The van der Waals surface area contributed by atoms with Crippen LogP contribution in [-0.2, 0) is 9.47 Å². The average Bonchev–Trinajstić information content (AvgIpc) is 1.59. The van der Waals surface area contributed by atoms with Crippen LogP contribution in [0.5, 0.6) is 0 Å². The molecule has 0 aromatic rings. The lowest BCUT2D eigenvalue weighted by molar-refractivity contribution is -0.254. The van der Waals surface area contributed by atoms with Crippen LogP contribution in [-0.4, -0.2) is 17.2 Å². The van der Waals surface area contributed by atoms with E-state index in [9.17, 15) is 0 Å². The Bertz CT molecular complexity index is 104. The molecule has 1 N–H and O–H groups in total. The second-order valence-electron chi connectivity index (χ2n) is 2.43. The first-order chi connectivity index (χ1) is 4.45. The SMILES string of the molecule is C=COC(C)OC(C)(C)O. The van der Waals surface area contributed by atoms with Crippen molar-refractivity contribution in [1.29, 1.82) is 0 Å². The van der Waals surface area contributed by atoms with Crippen LogP contribution in [0.25, 0.3) is 0 Å². The Morgan fingerprint density at radius 3 is 2.40 bits per heavy atom. The number of ether oxygens (including phenoxy) is 2. The zero-order valence-electron chi connectivity index (χ0n) is 6.63. The number of rotatable bonds is 4. The van der Waals surface area contributed by atoms with Gasteiger partial charge in [0.2, 0.25) is 0 Å². The highest BCUT2D eigenvalue weighted by Gasteiger charge is 2.16. The highest BCUT2D eigenvalue weighted by Crippen LogP contribution is 2.07. The van der Waals surface area contributed by atoms with E-state index in [1.54, 1.807) is 6.92 Å². The van der Waals surface area contributed by atoms with Gasteiger partial charge in [-0.3, -0.25) is 0 Å². The van der Waals surface area contributed by atoms with Crippen molar-refractivity contribution in [2.24, 2.45) is 0 Å². The second kappa shape index (κ2) is 3.58. The maximum absolute atomic E-state index is 9.08. The number of aliphatic hydroxyl groups is 1. The van der Waals surface area contributed by atoms with Gasteiger partial charge in [-0.05, 0) is 20.8 Å². The van der Waals surface area contributed by atoms with E-state index >= 15 is 0 Å². The molecule has 0 spiro atoms. The molecule has 0 aromatic carbocycles. The summed E-state index contributed by atoms with van der Waals surface area (Å²) in [7, 11) is 0. The van der Waals surface area contributed by atoms with Crippen LogP contribution < -0.4 is 0 Å². The molecule has 0 aliphatic carbocycles. The van der Waals surface area contributed by atoms with Gasteiger partial charge in [0.25, 0.3) is 0 Å². The van der Waals surface area contributed by atoms with E-state index in [0.29, 0.717) is 0 Å². The van der Waals surface area contributed by atoms with Gasteiger partial charge in [0.15, 0.2) is 12.1 Å². The minimum absolute atomic E-state index is 0.461. The normalized spacial score (nSPS) is 14.4. The van der Waals surface area contributed by atoms with Crippen LogP contribution in [0.1, 0.15) is 20.8 Å². The lowest BCUT2D eigenvalue weighted by atomic mass is 10.4. The Morgan fingerprint density at radius 2 is 2.10 bits per heavy atom. The van der Waals surface area contributed by atoms with Crippen molar-refractivity contribution in [3.63, 3.8) is 0 Å². The van der Waals surface area contributed by atoms with Gasteiger partial charge in [-0.1, -0.05) is 6.58 Å². The van der Waals surface area contributed by atoms with Crippen molar-refractivity contribution in [3.05, 3.63) is 12.8 Å². The number of hydrogen-bond donors (Lipinski definition) is 1. The fourth-order valence-electron chi connectivity index (χ4n) is 0.569. The van der Waals surface area contributed by atoms with Gasteiger partial charge in [-0.25, -0.2) is 0 Å². The zero-order chi connectivity index (χ0) is 8.20. The Balaban J connectivity index is 3.56. The summed E-state index contributed by atoms with van der Waals surface area (Å²) in [5.41, 5.74) is 0. The molecule has 0 amide bonds. The standard InChI is InChI=1S/C7H14O3/c1-5-9-6(2)10-7(3,4)8/h5-6,8H,1H2,2-4H3. The minimum Gasteiger partial charge on any atom is -0.473 e. The fourth-order valence-corrected chi connectivity index (χ4v) is 0.569. The summed E-state index contributed by atoms with van der Waals surface area (Å²) in [5, 5.41) is 9.08. The van der Waals surface area contributed by atoms with Gasteiger partial charge in [-0.2, -0.15) is 0 Å². The van der Waals surface area contributed by atoms with Gasteiger partial charge in [-0.15, -0.1) is 0 Å². The Hall–Kier alpha value is -0.540. The van der Waals surface area contributed by atoms with E-state index in [4.69, 9.17) is 14.6 Å². The Kier molecular flexibility index (Phi) is 3.39. The molecule has 0 saturated heterocycles. The summed E-state index contributed by atoms with van der Waals surface area (Å²) < 4.78 is 9.74. The van der Waals surface area contributed by atoms with Crippen molar-refractivity contribution < 1.29 is 14.6 Å². The van der Waals surface area contributed by atoms with Crippen LogP contribution in [0, 0.1) is 0 Å². The topological polar surface area (TPSA) is 38.7 Å². The van der Waals surface area contributed by atoms with Gasteiger partial charge >= 0.3 is 0 Å². The van der Waals surface area contributed by atoms with Gasteiger partial charge < -0.3 is 14.6 Å². The average molecular weight is 146 g/mol. The van der Waals surface area contributed by atoms with E-state index in [2.05, 4.69) is 6.58 Å². The van der Waals surface area contributed by atoms with E-state index in [-0.39, 0.29) is 0 Å². The molecule has 10 heavy (non-hydrogen) atoms. The molecule has 1 unspecified atom stereocenters. The molecule has 3 nitrogen and oxygen atoms in total. The highest BCUT2D eigenvalue weighted by atomic mass is 16.7. The molecule has 0 aromatic heterocycles. The number of hydrogen-bond acceptors (Lipinski definition) is 3. The minimum atomic E-state index is -1.15. The molecule has 0 fully saturated rings. The van der Waals surface area contributed by atoms with Crippen LogP contribution >= 0.6 is 0 Å². The quantitative estimate of drug-likeness (QED) is 0.479. The molecular weight excluding hydrogens is 132 g/mol. The lowest BCUT2D eigenvalue weighted by Crippen LogP contribution is -2.29. The summed E-state index contributed by atoms with van der Waals surface area (Å²) in [6.07, 6.45) is 0.814. The molecule has 3 heteroatoms. The third-order valence-corrected chi connectivity index (χ3v) is 0.742. The molecule has 0 aliphatic rings. The molecule has 0 rings (SSSR count). The molecule has 0 aliphatic heterocycles. The largest absolute Gasteiger partial charge is 0.473 e. The first-order valence-electron chi connectivity index (χ1n) is 3.12. The summed E-state index contributed by atoms with van der Waals surface area (Å²) >= 11 is 0. The predicted molar refractivity (Wildman–Crippen MR) is 38.1 cm³/mol. The summed E-state index contributed by atoms with van der Waals surface area (Å²) in [6.45, 7) is 8.10. The van der Waals surface area contributed by atoms with Crippen molar-refractivity contribution in [2.75, 3.05) is 0 Å². The summed E-state index contributed by atoms with van der Waals surface area (Å²) in [4.78, 5) is 0. The molecular formula is C7H14O3. The fraction of sp³-hybridized carbons (Fsp3) is 0.714. The van der Waals surface area contributed by atoms with Crippen molar-refractivity contribution in [3.8, 4) is 0 Å². The van der Waals surface area contributed by atoms with Crippen LogP contribution in [0.2, 0.25) is 0 Å². The lowest BCUT2D eigenvalue weighted by Gasteiger charge is -2.22. The van der Waals surface area contributed by atoms with E-state index in [1.807, 2.05) is 0 Å². The van der Waals surface area contributed by atoms with E-state index in [1.165, 1.54) is 20.1 Å². The smallest absolute Gasteiger partial charge is 0.199 e. The Morgan fingerprint density at radius 1 is 1.60 bits per heavy atom. The van der Waals surface area contributed by atoms with Crippen molar-refractivity contribution in [1.82, 2.24) is 0 Å². The molecule has 0 radical (unpaired) electrons. The third-order valence-electron chi connectivity index (χ3n) is 0.742. The highest BCUT2D eigenvalue weighted by molar-refractivity contribution is 4.53. The first-order valence-corrected chi connectivity index (χ1v) is 3.12. The van der Waals surface area contributed by atoms with Crippen LogP contribution in [0.15, 0.2) is 12.8 Å². The molecule has 0 heterocycles. The summed E-state index contributed by atoms with van der Waals surface area (Å²) in [6, 6.07) is 0. The Labute approximate surface area is 61.3 Å².